The Morgan fingerprint density at radius 3 is 2.86 bits per heavy atom. The molecule has 0 spiro atoms. The maximum atomic E-state index is 12.5. The molecule has 3 aromatic rings. The van der Waals surface area contributed by atoms with Gasteiger partial charge in [0.05, 0.1) is 30.4 Å². The second kappa shape index (κ2) is 9.93. The van der Waals surface area contributed by atoms with E-state index < -0.39 is 18.3 Å². The molecule has 1 amide bonds. The van der Waals surface area contributed by atoms with E-state index in [9.17, 15) is 9.90 Å². The third-order valence-corrected chi connectivity index (χ3v) is 6.21. The van der Waals surface area contributed by atoms with Crippen molar-refractivity contribution in [1.82, 2.24) is 14.9 Å². The third-order valence-electron chi connectivity index (χ3n) is 6.21. The third kappa shape index (κ3) is 4.94. The van der Waals surface area contributed by atoms with Crippen molar-refractivity contribution in [2.24, 2.45) is 0 Å². The lowest BCUT2D eigenvalue weighted by Gasteiger charge is -2.23. The van der Waals surface area contributed by atoms with Gasteiger partial charge in [-0.2, -0.15) is 0 Å². The van der Waals surface area contributed by atoms with E-state index in [0.717, 1.165) is 23.0 Å². The molecule has 0 unspecified atom stereocenters. The van der Waals surface area contributed by atoms with E-state index in [2.05, 4.69) is 9.97 Å². The van der Waals surface area contributed by atoms with Gasteiger partial charge in [-0.25, -0.2) is 9.78 Å². The summed E-state index contributed by atoms with van der Waals surface area (Å²) in [6.45, 7) is 2.26. The molecule has 4 heterocycles. The lowest BCUT2D eigenvalue weighted by atomic mass is 10.1. The Morgan fingerprint density at radius 2 is 2.03 bits per heavy atom. The number of hydrogen-bond donors (Lipinski definition) is 1. The van der Waals surface area contributed by atoms with E-state index in [0.29, 0.717) is 49.4 Å². The van der Waals surface area contributed by atoms with Crippen molar-refractivity contribution in [3.8, 4) is 17.4 Å². The van der Waals surface area contributed by atoms with Gasteiger partial charge in [-0.15, -0.1) is 0 Å². The smallest absolute Gasteiger partial charge is 0.414 e. The fraction of sp³-hybridized carbons (Fsp3) is 0.400. The molecule has 1 aromatic carbocycles. The van der Waals surface area contributed by atoms with Gasteiger partial charge in [0.1, 0.15) is 25.4 Å². The molecule has 1 fully saturated rings. The molecule has 0 aliphatic carbocycles. The first kappa shape index (κ1) is 23.1. The average molecular weight is 481 g/mol. The van der Waals surface area contributed by atoms with Gasteiger partial charge in [0.25, 0.3) is 0 Å². The van der Waals surface area contributed by atoms with E-state index >= 15 is 0 Å². The Morgan fingerprint density at radius 1 is 1.20 bits per heavy atom. The highest BCUT2D eigenvalue weighted by molar-refractivity contribution is 5.90. The van der Waals surface area contributed by atoms with E-state index in [-0.39, 0.29) is 6.54 Å². The minimum Gasteiger partial charge on any atom is -0.486 e. The second-order valence-electron chi connectivity index (χ2n) is 8.63. The average Bonchev–Trinajstić information content (AvgIpc) is 3.28. The summed E-state index contributed by atoms with van der Waals surface area (Å²) in [6, 6.07) is 11.0. The van der Waals surface area contributed by atoms with Gasteiger partial charge in [-0.05, 0) is 43.3 Å². The van der Waals surface area contributed by atoms with Crippen LogP contribution in [-0.2, 0) is 11.2 Å². The molecule has 1 saturated heterocycles. The Kier molecular flexibility index (Phi) is 6.56. The largest absolute Gasteiger partial charge is 0.486 e. The normalized spacial score (nSPS) is 18.1. The number of methoxy groups -OCH3 is 1. The Labute approximate surface area is 203 Å². The number of ether oxygens (including phenoxy) is 4. The van der Waals surface area contributed by atoms with E-state index in [1.54, 1.807) is 37.6 Å². The van der Waals surface area contributed by atoms with Crippen molar-refractivity contribution < 1.29 is 28.8 Å². The highest BCUT2D eigenvalue weighted by Crippen LogP contribution is 2.35. The van der Waals surface area contributed by atoms with Gasteiger partial charge in [0.2, 0.25) is 5.88 Å². The number of pyridine rings is 2. The number of fused-ring (bicyclic) bond motifs is 2. The number of benzene rings is 1. The molecular weight excluding hydrogens is 452 g/mol. The number of cyclic esters (lactones) is 1. The van der Waals surface area contributed by atoms with Gasteiger partial charge >= 0.3 is 6.09 Å². The number of carbonyl (C=O) groups excluding carboxylic acids is 1. The Hall–Kier alpha value is -3.63. The van der Waals surface area contributed by atoms with Gasteiger partial charge < -0.3 is 29.0 Å². The van der Waals surface area contributed by atoms with Crippen molar-refractivity contribution >= 4 is 22.8 Å². The van der Waals surface area contributed by atoms with Crippen LogP contribution < -0.4 is 19.1 Å². The zero-order valence-corrected chi connectivity index (χ0v) is 19.7. The highest BCUT2D eigenvalue weighted by atomic mass is 16.6. The maximum Gasteiger partial charge on any atom is 0.414 e. The Bertz CT molecular complexity index is 1220. The minimum absolute atomic E-state index is 0.256. The summed E-state index contributed by atoms with van der Waals surface area (Å²) in [7, 11) is 3.51. The molecular formula is C25H28N4O6. The molecule has 184 valence electrons. The molecule has 2 aromatic heterocycles. The molecule has 0 bridgehead atoms. The standard InChI is InChI=1S/C25H28N4O6/c1-28(10-8-16-7-9-26-18-4-6-23(32-2)27-24(16)18)14-19(30)22-15-29(25(31)35-22)17-3-5-20-21(13-17)34-12-11-33-20/h3-7,9,13,19,22,30H,8,10-12,14-15H2,1-2H3/t19-,22-/m1/s1. The quantitative estimate of drug-likeness (QED) is 0.520. The van der Waals surface area contributed by atoms with Crippen LogP contribution in [0, 0.1) is 0 Å². The number of rotatable bonds is 8. The molecule has 1 N–H and O–H groups in total. The first-order valence-corrected chi connectivity index (χ1v) is 11.5. The highest BCUT2D eigenvalue weighted by Gasteiger charge is 2.37. The van der Waals surface area contributed by atoms with Crippen LogP contribution in [0.5, 0.6) is 17.4 Å². The molecule has 0 saturated carbocycles. The van der Waals surface area contributed by atoms with Crippen LogP contribution >= 0.6 is 0 Å². The number of aliphatic hydroxyl groups excluding tert-OH is 1. The summed E-state index contributed by atoms with van der Waals surface area (Å²) in [5.74, 6) is 1.79. The summed E-state index contributed by atoms with van der Waals surface area (Å²) < 4.78 is 21.9. The number of carbonyl (C=O) groups is 1. The van der Waals surface area contributed by atoms with Crippen LogP contribution in [0.3, 0.4) is 0 Å². The molecule has 0 radical (unpaired) electrons. The van der Waals surface area contributed by atoms with Crippen molar-refractivity contribution in [3.63, 3.8) is 0 Å². The SMILES string of the molecule is COc1ccc2nccc(CCN(C)C[C@@H](O)[C@H]3CN(c4ccc5c(c4)OCCO5)C(=O)O3)c2n1. The number of nitrogens with zero attached hydrogens (tertiary/aromatic N) is 4. The predicted octanol–water partition coefficient (Wildman–Crippen LogP) is 2.27. The van der Waals surface area contributed by atoms with Crippen LogP contribution in [-0.4, -0.2) is 85.3 Å². The second-order valence-corrected chi connectivity index (χ2v) is 8.63. The molecule has 2 aliphatic heterocycles. The first-order valence-electron chi connectivity index (χ1n) is 11.5. The van der Waals surface area contributed by atoms with Gasteiger partial charge in [-0.1, -0.05) is 0 Å². The predicted molar refractivity (Wildman–Crippen MR) is 128 cm³/mol. The summed E-state index contributed by atoms with van der Waals surface area (Å²) in [4.78, 5) is 24.9. The topological polar surface area (TPSA) is 106 Å². The van der Waals surface area contributed by atoms with E-state index in [1.807, 2.05) is 24.1 Å². The van der Waals surface area contributed by atoms with Crippen molar-refractivity contribution in [3.05, 3.63) is 48.2 Å². The maximum absolute atomic E-state index is 12.5. The fourth-order valence-corrected chi connectivity index (χ4v) is 4.31. The zero-order valence-electron chi connectivity index (χ0n) is 19.7. The van der Waals surface area contributed by atoms with E-state index in [1.165, 1.54) is 4.90 Å². The fourth-order valence-electron chi connectivity index (χ4n) is 4.31. The number of hydrogen-bond acceptors (Lipinski definition) is 9. The molecule has 10 heteroatoms. The molecule has 10 nitrogen and oxygen atoms in total. The van der Waals surface area contributed by atoms with Crippen LogP contribution in [0.4, 0.5) is 10.5 Å². The summed E-state index contributed by atoms with van der Waals surface area (Å²) >= 11 is 0. The molecule has 2 aliphatic rings. The van der Waals surface area contributed by atoms with Crippen LogP contribution in [0.1, 0.15) is 5.56 Å². The number of likely N-dealkylation sites (N-methyl/N-ethyl adjacent to an activating group) is 1. The van der Waals surface area contributed by atoms with Crippen LogP contribution in [0.25, 0.3) is 11.0 Å². The van der Waals surface area contributed by atoms with Gasteiger partial charge in [0, 0.05) is 31.4 Å². The van der Waals surface area contributed by atoms with Gasteiger partial charge in [-0.3, -0.25) is 9.88 Å². The lowest BCUT2D eigenvalue weighted by molar-refractivity contribution is 0.0152. The lowest BCUT2D eigenvalue weighted by Crippen LogP contribution is -2.40. The Balaban J connectivity index is 1.18. The van der Waals surface area contributed by atoms with Crippen molar-refractivity contribution in [2.45, 2.75) is 18.6 Å². The molecule has 35 heavy (non-hydrogen) atoms. The summed E-state index contributed by atoms with van der Waals surface area (Å²) in [5.41, 5.74) is 3.31. The zero-order chi connectivity index (χ0) is 24.4. The number of aliphatic hydroxyl groups is 1. The van der Waals surface area contributed by atoms with Crippen molar-refractivity contribution in [2.75, 3.05) is 51.9 Å². The first-order chi connectivity index (χ1) is 17.0. The van der Waals surface area contributed by atoms with Gasteiger partial charge in [0.15, 0.2) is 11.5 Å². The van der Waals surface area contributed by atoms with E-state index in [4.69, 9.17) is 18.9 Å². The number of aromatic nitrogens is 2. The number of amides is 1. The summed E-state index contributed by atoms with van der Waals surface area (Å²) in [5, 5.41) is 10.8. The monoisotopic (exact) mass is 480 g/mol. The summed E-state index contributed by atoms with van der Waals surface area (Å²) in [6.07, 6.45) is 0.530. The molecule has 2 atom stereocenters. The van der Waals surface area contributed by atoms with Crippen molar-refractivity contribution in [1.29, 1.82) is 0 Å². The molecule has 5 rings (SSSR count). The minimum atomic E-state index is -0.835. The van der Waals surface area contributed by atoms with Crippen LogP contribution in [0.2, 0.25) is 0 Å². The van der Waals surface area contributed by atoms with Crippen LogP contribution in [0.15, 0.2) is 42.6 Å². The number of anilines is 1.